The van der Waals surface area contributed by atoms with Crippen molar-refractivity contribution in [1.82, 2.24) is 0 Å². The summed E-state index contributed by atoms with van der Waals surface area (Å²) in [5.41, 5.74) is 5.67. The minimum absolute atomic E-state index is 0.160. The van der Waals surface area contributed by atoms with E-state index in [1.807, 2.05) is 13.0 Å². The van der Waals surface area contributed by atoms with Gasteiger partial charge in [0.15, 0.2) is 0 Å². The van der Waals surface area contributed by atoms with Crippen LogP contribution in [0.5, 0.6) is 11.5 Å². The Labute approximate surface area is 176 Å². The van der Waals surface area contributed by atoms with Crippen molar-refractivity contribution in [2.45, 2.75) is 78.9 Å². The van der Waals surface area contributed by atoms with E-state index >= 15 is 0 Å². The number of phenols is 1. The van der Waals surface area contributed by atoms with Gasteiger partial charge < -0.3 is 14.9 Å². The third-order valence-electron chi connectivity index (χ3n) is 5.08. The van der Waals surface area contributed by atoms with E-state index < -0.39 is 6.29 Å². The van der Waals surface area contributed by atoms with Gasteiger partial charge in [-0.3, -0.25) is 0 Å². The molecule has 158 valence electrons. The van der Waals surface area contributed by atoms with Crippen LogP contribution in [0.4, 0.5) is 0 Å². The van der Waals surface area contributed by atoms with Crippen LogP contribution in [0, 0.1) is 13.8 Å². The lowest BCUT2D eigenvalue weighted by atomic mass is 9.81. The Morgan fingerprint density at radius 2 is 1.38 bits per heavy atom. The van der Waals surface area contributed by atoms with E-state index in [2.05, 4.69) is 73.2 Å². The second-order valence-electron chi connectivity index (χ2n) is 10.0. The van der Waals surface area contributed by atoms with Gasteiger partial charge in [0.25, 0.3) is 0 Å². The Kier molecular flexibility index (Phi) is 6.54. The number of aromatic hydroxyl groups is 1. The largest absolute Gasteiger partial charge is 0.507 e. The van der Waals surface area contributed by atoms with Gasteiger partial charge in [0.1, 0.15) is 11.5 Å². The van der Waals surface area contributed by atoms with E-state index in [-0.39, 0.29) is 10.8 Å². The zero-order valence-corrected chi connectivity index (χ0v) is 19.2. The van der Waals surface area contributed by atoms with Crippen LogP contribution < -0.4 is 4.74 Å². The topological polar surface area (TPSA) is 49.7 Å². The van der Waals surface area contributed by atoms with E-state index in [0.717, 1.165) is 33.4 Å². The van der Waals surface area contributed by atoms with Crippen LogP contribution in [0.1, 0.15) is 74.9 Å². The average molecular weight is 397 g/mol. The highest BCUT2D eigenvalue weighted by molar-refractivity contribution is 5.53. The fourth-order valence-corrected chi connectivity index (χ4v) is 3.61. The molecule has 0 spiro atoms. The number of ether oxygens (including phenoxy) is 1. The van der Waals surface area contributed by atoms with Gasteiger partial charge in [0.05, 0.1) is 0 Å². The highest BCUT2D eigenvalue weighted by atomic mass is 16.6. The van der Waals surface area contributed by atoms with Crippen LogP contribution in [0.2, 0.25) is 0 Å². The van der Waals surface area contributed by atoms with Gasteiger partial charge >= 0.3 is 0 Å². The predicted octanol–water partition coefficient (Wildman–Crippen LogP) is 6.08. The number of aryl methyl sites for hydroxylation is 2. The monoisotopic (exact) mass is 396 g/mol. The van der Waals surface area contributed by atoms with Crippen molar-refractivity contribution in [2.24, 2.45) is 0 Å². The molecule has 0 bridgehead atoms. The van der Waals surface area contributed by atoms with Crippen molar-refractivity contribution in [2.75, 3.05) is 0 Å². The van der Waals surface area contributed by atoms with E-state index in [1.165, 1.54) is 6.08 Å². The van der Waals surface area contributed by atoms with Crippen molar-refractivity contribution in [3.8, 4) is 11.5 Å². The number of aliphatic hydroxyl groups excluding tert-OH is 1. The molecule has 0 amide bonds. The number of aliphatic hydroxyl groups is 1. The maximum Gasteiger partial charge on any atom is 0.217 e. The summed E-state index contributed by atoms with van der Waals surface area (Å²) < 4.78 is 5.90. The minimum atomic E-state index is -1.09. The van der Waals surface area contributed by atoms with Crippen molar-refractivity contribution >= 4 is 0 Å². The first-order chi connectivity index (χ1) is 13.2. The summed E-state index contributed by atoms with van der Waals surface area (Å²) in [4.78, 5) is 0. The Hall–Kier alpha value is -2.26. The molecule has 1 atom stereocenters. The molecular formula is C26H36O3. The zero-order valence-electron chi connectivity index (χ0n) is 19.2. The minimum Gasteiger partial charge on any atom is -0.507 e. The maximum absolute atomic E-state index is 11.0. The van der Waals surface area contributed by atoms with Gasteiger partial charge in [0.2, 0.25) is 6.29 Å². The molecule has 3 nitrogen and oxygen atoms in total. The van der Waals surface area contributed by atoms with Crippen LogP contribution in [0.3, 0.4) is 0 Å². The Morgan fingerprint density at radius 1 is 0.897 bits per heavy atom. The number of benzene rings is 2. The Bertz CT molecular complexity index is 896. The molecule has 0 heterocycles. The van der Waals surface area contributed by atoms with Crippen molar-refractivity contribution in [1.29, 1.82) is 0 Å². The van der Waals surface area contributed by atoms with Crippen molar-refractivity contribution in [3.05, 3.63) is 70.3 Å². The Morgan fingerprint density at radius 3 is 1.86 bits per heavy atom. The standard InChI is InChI=1S/C26H36O3/c1-10-22(27)29-24-19(12-17(3)14-21(24)26(7,8)9)15-18-11-16(2)13-20(23(18)28)25(4,5)6/h10-14,22,27-28H,1,15H2,2-9H3. The van der Waals surface area contributed by atoms with E-state index in [9.17, 15) is 10.2 Å². The summed E-state index contributed by atoms with van der Waals surface area (Å²) in [6, 6.07) is 8.25. The third kappa shape index (κ3) is 5.42. The van der Waals surface area contributed by atoms with Gasteiger partial charge in [0, 0.05) is 12.0 Å². The quantitative estimate of drug-likeness (QED) is 0.476. The van der Waals surface area contributed by atoms with Crippen LogP contribution in [0.25, 0.3) is 0 Å². The molecule has 0 aliphatic carbocycles. The summed E-state index contributed by atoms with van der Waals surface area (Å²) in [5, 5.41) is 21.1. The molecular weight excluding hydrogens is 360 g/mol. The maximum atomic E-state index is 11.0. The van der Waals surface area contributed by atoms with E-state index in [1.54, 1.807) is 0 Å². The molecule has 0 radical (unpaired) electrons. The summed E-state index contributed by atoms with van der Waals surface area (Å²) in [5.74, 6) is 0.992. The lowest BCUT2D eigenvalue weighted by molar-refractivity contribution is 0.0229. The molecule has 3 heteroatoms. The van der Waals surface area contributed by atoms with Gasteiger partial charge in [-0.25, -0.2) is 0 Å². The van der Waals surface area contributed by atoms with Crippen LogP contribution >= 0.6 is 0 Å². The fraction of sp³-hybridized carbons (Fsp3) is 0.462. The van der Waals surface area contributed by atoms with Crippen LogP contribution in [-0.4, -0.2) is 16.5 Å². The number of phenolic OH excluding ortho intramolecular Hbond substituents is 1. The smallest absolute Gasteiger partial charge is 0.217 e. The van der Waals surface area contributed by atoms with Gasteiger partial charge in [-0.1, -0.05) is 83.5 Å². The number of hydrogen-bond acceptors (Lipinski definition) is 3. The first-order valence-electron chi connectivity index (χ1n) is 10.2. The summed E-state index contributed by atoms with van der Waals surface area (Å²) in [6.07, 6.45) is 0.798. The lowest BCUT2D eigenvalue weighted by Crippen LogP contribution is -2.20. The molecule has 0 fully saturated rings. The third-order valence-corrected chi connectivity index (χ3v) is 5.08. The van der Waals surface area contributed by atoms with Gasteiger partial charge in [-0.05, 0) is 47.4 Å². The van der Waals surface area contributed by atoms with Crippen LogP contribution in [-0.2, 0) is 17.3 Å². The van der Waals surface area contributed by atoms with Gasteiger partial charge in [-0.15, -0.1) is 0 Å². The van der Waals surface area contributed by atoms with Crippen molar-refractivity contribution < 1.29 is 14.9 Å². The highest BCUT2D eigenvalue weighted by Crippen LogP contribution is 2.40. The Balaban J connectivity index is 2.68. The van der Waals surface area contributed by atoms with Crippen molar-refractivity contribution in [3.63, 3.8) is 0 Å². The first kappa shape index (κ1) is 23.0. The molecule has 1 unspecified atom stereocenters. The number of hydrogen-bond donors (Lipinski definition) is 2. The summed E-state index contributed by atoms with van der Waals surface area (Å²) in [7, 11) is 0. The normalized spacial score (nSPS) is 13.3. The second-order valence-corrected chi connectivity index (χ2v) is 10.0. The lowest BCUT2D eigenvalue weighted by Gasteiger charge is -2.27. The predicted molar refractivity (Wildman–Crippen MR) is 121 cm³/mol. The first-order valence-corrected chi connectivity index (χ1v) is 10.2. The molecule has 29 heavy (non-hydrogen) atoms. The van der Waals surface area contributed by atoms with Crippen LogP contribution in [0.15, 0.2) is 36.9 Å². The molecule has 2 aromatic carbocycles. The zero-order chi connectivity index (χ0) is 22.1. The average Bonchev–Trinajstić information content (AvgIpc) is 2.57. The molecule has 0 saturated heterocycles. The molecule has 2 aromatic rings. The number of rotatable bonds is 5. The SMILES string of the molecule is C=CC(O)Oc1c(Cc2cc(C)cc(C(C)(C)C)c2O)cc(C)cc1C(C)(C)C. The van der Waals surface area contributed by atoms with Gasteiger partial charge in [-0.2, -0.15) is 0 Å². The summed E-state index contributed by atoms with van der Waals surface area (Å²) in [6.45, 7) is 20.4. The summed E-state index contributed by atoms with van der Waals surface area (Å²) >= 11 is 0. The molecule has 2 N–H and O–H groups in total. The second kappa shape index (κ2) is 8.23. The molecule has 0 aliphatic rings. The van der Waals surface area contributed by atoms with E-state index in [0.29, 0.717) is 17.9 Å². The molecule has 0 saturated carbocycles. The molecule has 0 aromatic heterocycles. The van der Waals surface area contributed by atoms with E-state index in [4.69, 9.17) is 4.74 Å². The molecule has 2 rings (SSSR count). The fourth-order valence-electron chi connectivity index (χ4n) is 3.61. The molecule has 0 aliphatic heterocycles. The highest BCUT2D eigenvalue weighted by Gasteiger charge is 2.25.